The van der Waals surface area contributed by atoms with Gasteiger partial charge in [0.25, 0.3) is 0 Å². The van der Waals surface area contributed by atoms with Crippen molar-refractivity contribution in [3.63, 3.8) is 0 Å². The molecule has 13 heavy (non-hydrogen) atoms. The minimum Gasteiger partial charge on any atom is -0.390 e. The lowest BCUT2D eigenvalue weighted by atomic mass is 10.1. The number of aliphatic hydroxyl groups excluding tert-OH is 1. The highest BCUT2D eigenvalue weighted by Crippen LogP contribution is 2.23. The lowest BCUT2D eigenvalue weighted by Gasteiger charge is -2.00. The highest BCUT2D eigenvalue weighted by atomic mass is 16.3. The molecule has 1 aromatic heterocycles. The Kier molecular flexibility index (Phi) is 1.85. The molecule has 68 valence electrons. The minimum atomic E-state index is 0.108. The van der Waals surface area contributed by atoms with Crippen LogP contribution >= 0.6 is 0 Å². The van der Waals surface area contributed by atoms with Crippen LogP contribution in [0, 0.1) is 6.92 Å². The number of para-hydroxylation sites is 1. The van der Waals surface area contributed by atoms with Crippen molar-refractivity contribution in [3.05, 3.63) is 35.5 Å². The molecule has 1 aromatic carbocycles. The molecule has 2 aromatic rings. The predicted octanol–water partition coefficient (Wildman–Crippen LogP) is 1.98. The molecule has 2 nitrogen and oxygen atoms in total. The summed E-state index contributed by atoms with van der Waals surface area (Å²) in [5, 5.41) is 10.4. The van der Waals surface area contributed by atoms with Gasteiger partial charge in [-0.1, -0.05) is 18.2 Å². The normalized spacial score (nSPS) is 11.0. The van der Waals surface area contributed by atoms with Crippen molar-refractivity contribution in [2.45, 2.75) is 13.5 Å². The number of hydrogen-bond acceptors (Lipinski definition) is 1. The SMILES string of the molecule is Cc1c(CO)n(C)c2ccccc12. The molecule has 0 radical (unpaired) electrons. The predicted molar refractivity (Wildman–Crippen MR) is 53.6 cm³/mol. The molecule has 1 heterocycles. The molecule has 0 saturated carbocycles. The Labute approximate surface area is 77.4 Å². The van der Waals surface area contributed by atoms with Gasteiger partial charge in [-0.25, -0.2) is 0 Å². The smallest absolute Gasteiger partial charge is 0.0835 e. The summed E-state index contributed by atoms with van der Waals surface area (Å²) in [6.07, 6.45) is 0. The van der Waals surface area contributed by atoms with Crippen LogP contribution in [0.25, 0.3) is 10.9 Å². The van der Waals surface area contributed by atoms with Crippen LogP contribution in [-0.4, -0.2) is 9.67 Å². The quantitative estimate of drug-likeness (QED) is 0.704. The van der Waals surface area contributed by atoms with Crippen molar-refractivity contribution in [1.29, 1.82) is 0 Å². The van der Waals surface area contributed by atoms with E-state index in [2.05, 4.69) is 12.1 Å². The van der Waals surface area contributed by atoms with Crippen LogP contribution in [0.4, 0.5) is 0 Å². The molecule has 0 aliphatic carbocycles. The molecule has 0 amide bonds. The lowest BCUT2D eigenvalue weighted by Crippen LogP contribution is -1.96. The van der Waals surface area contributed by atoms with Gasteiger partial charge in [-0.3, -0.25) is 0 Å². The summed E-state index contributed by atoms with van der Waals surface area (Å²) < 4.78 is 2.05. The number of aromatic nitrogens is 1. The summed E-state index contributed by atoms with van der Waals surface area (Å²) in [6, 6.07) is 8.20. The number of nitrogens with zero attached hydrogens (tertiary/aromatic N) is 1. The van der Waals surface area contributed by atoms with E-state index in [4.69, 9.17) is 0 Å². The molecule has 2 heteroatoms. The van der Waals surface area contributed by atoms with Crippen molar-refractivity contribution in [2.75, 3.05) is 0 Å². The molecule has 0 fully saturated rings. The van der Waals surface area contributed by atoms with Crippen LogP contribution in [0.3, 0.4) is 0 Å². The van der Waals surface area contributed by atoms with Crippen LogP contribution in [0.5, 0.6) is 0 Å². The van der Waals surface area contributed by atoms with E-state index in [1.165, 1.54) is 16.5 Å². The zero-order chi connectivity index (χ0) is 9.42. The van der Waals surface area contributed by atoms with E-state index in [0.29, 0.717) is 0 Å². The fourth-order valence-corrected chi connectivity index (χ4v) is 1.86. The number of hydrogen-bond donors (Lipinski definition) is 1. The first kappa shape index (κ1) is 8.32. The Morgan fingerprint density at radius 1 is 1.31 bits per heavy atom. The van der Waals surface area contributed by atoms with Gasteiger partial charge in [0.05, 0.1) is 6.61 Å². The Balaban J connectivity index is 2.88. The summed E-state index contributed by atoms with van der Waals surface area (Å²) in [5.74, 6) is 0. The molecule has 0 saturated heterocycles. The number of rotatable bonds is 1. The van der Waals surface area contributed by atoms with E-state index in [0.717, 1.165) is 5.69 Å². The largest absolute Gasteiger partial charge is 0.390 e. The number of aryl methyl sites for hydroxylation is 2. The van der Waals surface area contributed by atoms with E-state index < -0.39 is 0 Å². The molecule has 1 N–H and O–H groups in total. The van der Waals surface area contributed by atoms with E-state index in [9.17, 15) is 5.11 Å². The monoisotopic (exact) mass is 175 g/mol. The summed E-state index contributed by atoms with van der Waals surface area (Å²) in [5.41, 5.74) is 3.37. The van der Waals surface area contributed by atoms with Gasteiger partial charge in [0.15, 0.2) is 0 Å². The molecule has 0 bridgehead atoms. The van der Waals surface area contributed by atoms with Crippen LogP contribution < -0.4 is 0 Å². The second-order valence-corrected chi connectivity index (χ2v) is 3.31. The average Bonchev–Trinajstić information content (AvgIpc) is 2.41. The first-order chi connectivity index (χ1) is 6.25. The lowest BCUT2D eigenvalue weighted by molar-refractivity contribution is 0.272. The minimum absolute atomic E-state index is 0.108. The number of aliphatic hydroxyl groups is 1. The fraction of sp³-hybridized carbons (Fsp3) is 0.273. The van der Waals surface area contributed by atoms with Gasteiger partial charge in [-0.2, -0.15) is 0 Å². The van der Waals surface area contributed by atoms with E-state index in [1.54, 1.807) is 0 Å². The molecule has 0 atom stereocenters. The summed E-state index contributed by atoms with van der Waals surface area (Å²) in [6.45, 7) is 2.16. The first-order valence-corrected chi connectivity index (χ1v) is 4.39. The Morgan fingerprint density at radius 2 is 2.00 bits per heavy atom. The maximum Gasteiger partial charge on any atom is 0.0835 e. The summed E-state index contributed by atoms with van der Waals surface area (Å²) in [4.78, 5) is 0. The van der Waals surface area contributed by atoms with Gasteiger partial charge in [-0.05, 0) is 18.6 Å². The highest BCUT2D eigenvalue weighted by molar-refractivity contribution is 5.85. The topological polar surface area (TPSA) is 25.2 Å². The Morgan fingerprint density at radius 3 is 2.62 bits per heavy atom. The van der Waals surface area contributed by atoms with Gasteiger partial charge in [-0.15, -0.1) is 0 Å². The van der Waals surface area contributed by atoms with Crippen molar-refractivity contribution in [1.82, 2.24) is 4.57 Å². The zero-order valence-corrected chi connectivity index (χ0v) is 7.91. The molecule has 0 unspecified atom stereocenters. The third kappa shape index (κ3) is 1.06. The molecule has 0 aliphatic heterocycles. The van der Waals surface area contributed by atoms with E-state index in [-0.39, 0.29) is 6.61 Å². The molecular weight excluding hydrogens is 162 g/mol. The molecule has 2 rings (SSSR count). The van der Waals surface area contributed by atoms with Crippen LogP contribution in [0.2, 0.25) is 0 Å². The van der Waals surface area contributed by atoms with Gasteiger partial charge < -0.3 is 9.67 Å². The maximum absolute atomic E-state index is 9.18. The fourth-order valence-electron chi connectivity index (χ4n) is 1.86. The second kappa shape index (κ2) is 2.89. The van der Waals surface area contributed by atoms with Crippen LogP contribution in [0.15, 0.2) is 24.3 Å². The average molecular weight is 175 g/mol. The van der Waals surface area contributed by atoms with Gasteiger partial charge in [0, 0.05) is 23.6 Å². The second-order valence-electron chi connectivity index (χ2n) is 3.31. The van der Waals surface area contributed by atoms with Gasteiger partial charge in [0.1, 0.15) is 0 Å². The summed E-state index contributed by atoms with van der Waals surface area (Å²) in [7, 11) is 1.99. The molecule has 0 spiro atoms. The summed E-state index contributed by atoms with van der Waals surface area (Å²) >= 11 is 0. The molecule has 0 aliphatic rings. The van der Waals surface area contributed by atoms with E-state index in [1.807, 2.05) is 30.7 Å². The van der Waals surface area contributed by atoms with Crippen molar-refractivity contribution in [2.24, 2.45) is 7.05 Å². The Bertz CT molecular complexity index is 404. The zero-order valence-electron chi connectivity index (χ0n) is 7.91. The number of benzene rings is 1. The Hall–Kier alpha value is -1.28. The molecular formula is C11H13NO. The van der Waals surface area contributed by atoms with Crippen LogP contribution in [0.1, 0.15) is 11.3 Å². The van der Waals surface area contributed by atoms with Gasteiger partial charge >= 0.3 is 0 Å². The standard InChI is InChI=1S/C11H13NO/c1-8-9-5-3-4-6-10(9)12(2)11(8)7-13/h3-6,13H,7H2,1-2H3. The van der Waals surface area contributed by atoms with Crippen molar-refractivity contribution in [3.8, 4) is 0 Å². The highest BCUT2D eigenvalue weighted by Gasteiger charge is 2.08. The van der Waals surface area contributed by atoms with Crippen molar-refractivity contribution < 1.29 is 5.11 Å². The van der Waals surface area contributed by atoms with Gasteiger partial charge in [0.2, 0.25) is 0 Å². The number of fused-ring (bicyclic) bond motifs is 1. The van der Waals surface area contributed by atoms with Crippen molar-refractivity contribution >= 4 is 10.9 Å². The third-order valence-corrected chi connectivity index (χ3v) is 2.66. The van der Waals surface area contributed by atoms with E-state index >= 15 is 0 Å². The maximum atomic E-state index is 9.18. The first-order valence-electron chi connectivity index (χ1n) is 4.39. The van der Waals surface area contributed by atoms with Crippen LogP contribution in [-0.2, 0) is 13.7 Å². The third-order valence-electron chi connectivity index (χ3n) is 2.66.